The van der Waals surface area contributed by atoms with Crippen LogP contribution in [0, 0.1) is 0 Å². The lowest BCUT2D eigenvalue weighted by Crippen LogP contribution is -2.29. The van der Waals surface area contributed by atoms with Crippen LogP contribution >= 0.6 is 35.7 Å². The third-order valence-corrected chi connectivity index (χ3v) is 4.02. The number of nitrogens with two attached hydrogens (primary N) is 1. The van der Waals surface area contributed by atoms with Crippen LogP contribution in [0.2, 0.25) is 0 Å². The van der Waals surface area contributed by atoms with E-state index in [1.807, 2.05) is 0 Å². The quantitative estimate of drug-likeness (QED) is 0.484. The number of aromatic nitrogens is 1. The summed E-state index contributed by atoms with van der Waals surface area (Å²) >= 11 is 6.76. The zero-order valence-corrected chi connectivity index (χ0v) is 13.0. The SMILES string of the molecule is CO/N=C(\C(=O)ON1N=C(C)SC1S)c1csc(N)n1. The van der Waals surface area contributed by atoms with Crippen molar-refractivity contribution in [3.63, 3.8) is 0 Å². The van der Waals surface area contributed by atoms with Gasteiger partial charge in [0.05, 0.1) is 5.04 Å². The predicted octanol–water partition coefficient (Wildman–Crippen LogP) is 1.13. The number of hydrazone groups is 1. The largest absolute Gasteiger partial charge is 0.398 e. The van der Waals surface area contributed by atoms with Crippen molar-refractivity contribution in [1.29, 1.82) is 0 Å². The minimum atomic E-state index is -0.754. The standard InChI is InChI=1S/C9H11N5O3S3/c1-4-12-14(9(18)20-4)17-7(15)6(13-16-2)5-3-19-8(10)11-5/h3,9,18H,1-2H3,(H2,10,11)/b13-6-. The first-order chi connectivity index (χ1) is 9.51. The van der Waals surface area contributed by atoms with Gasteiger partial charge in [-0.05, 0) is 6.92 Å². The maximum Gasteiger partial charge on any atom is 0.389 e. The lowest BCUT2D eigenvalue weighted by atomic mass is 10.3. The zero-order chi connectivity index (χ0) is 14.7. The molecule has 1 aliphatic heterocycles. The second-order valence-electron chi connectivity index (χ2n) is 3.44. The van der Waals surface area contributed by atoms with Crippen LogP contribution in [0.4, 0.5) is 5.13 Å². The summed E-state index contributed by atoms with van der Waals surface area (Å²) in [6.45, 7) is 1.78. The number of carbonyl (C=O) groups is 1. The van der Waals surface area contributed by atoms with Crippen LogP contribution in [0.5, 0.6) is 0 Å². The fourth-order valence-electron chi connectivity index (χ4n) is 1.28. The molecule has 0 amide bonds. The monoisotopic (exact) mass is 333 g/mol. The van der Waals surface area contributed by atoms with E-state index in [4.69, 9.17) is 10.6 Å². The maximum absolute atomic E-state index is 12.1. The van der Waals surface area contributed by atoms with Gasteiger partial charge in [-0.25, -0.2) is 9.78 Å². The minimum absolute atomic E-state index is 0.0919. The average molecular weight is 333 g/mol. The number of anilines is 1. The minimum Gasteiger partial charge on any atom is -0.398 e. The molecule has 1 atom stereocenters. The van der Waals surface area contributed by atoms with Crippen molar-refractivity contribution in [3.8, 4) is 0 Å². The van der Waals surface area contributed by atoms with E-state index in [-0.39, 0.29) is 11.4 Å². The van der Waals surface area contributed by atoms with Crippen molar-refractivity contribution in [2.75, 3.05) is 12.8 Å². The Morgan fingerprint density at radius 1 is 1.65 bits per heavy atom. The molecule has 108 valence electrons. The van der Waals surface area contributed by atoms with Gasteiger partial charge < -0.3 is 15.4 Å². The van der Waals surface area contributed by atoms with Crippen LogP contribution in [0.15, 0.2) is 15.6 Å². The molecular formula is C9H11N5O3S3. The fraction of sp³-hybridized carbons (Fsp3) is 0.333. The highest BCUT2D eigenvalue weighted by Gasteiger charge is 2.29. The summed E-state index contributed by atoms with van der Waals surface area (Å²) in [5, 5.41) is 11.3. The molecule has 0 aromatic carbocycles. The van der Waals surface area contributed by atoms with Crippen LogP contribution in [-0.4, -0.2) is 38.7 Å². The Bertz CT molecular complexity index is 573. The van der Waals surface area contributed by atoms with Crippen molar-refractivity contribution in [3.05, 3.63) is 11.1 Å². The van der Waals surface area contributed by atoms with Crippen molar-refractivity contribution in [2.45, 2.75) is 11.6 Å². The predicted molar refractivity (Wildman–Crippen MR) is 81.5 cm³/mol. The normalized spacial score (nSPS) is 18.9. The third-order valence-electron chi connectivity index (χ3n) is 2.02. The van der Waals surface area contributed by atoms with Crippen molar-refractivity contribution in [2.24, 2.45) is 10.3 Å². The Morgan fingerprint density at radius 2 is 2.40 bits per heavy atom. The molecule has 0 fully saturated rings. The first-order valence-corrected chi connectivity index (χ1v) is 7.53. The third kappa shape index (κ3) is 3.35. The number of hydrogen-bond acceptors (Lipinski definition) is 11. The van der Waals surface area contributed by atoms with Crippen LogP contribution in [0.1, 0.15) is 12.6 Å². The number of nitrogen functional groups attached to an aromatic ring is 1. The summed E-state index contributed by atoms with van der Waals surface area (Å²) in [4.78, 5) is 25.8. The van der Waals surface area contributed by atoms with E-state index >= 15 is 0 Å². The van der Waals surface area contributed by atoms with Crippen LogP contribution in [0.3, 0.4) is 0 Å². The molecular weight excluding hydrogens is 322 g/mol. The molecule has 2 rings (SSSR count). The number of hydroxylamine groups is 1. The first-order valence-electron chi connectivity index (χ1n) is 5.25. The highest BCUT2D eigenvalue weighted by Crippen LogP contribution is 2.28. The fourth-order valence-corrected chi connectivity index (χ4v) is 3.00. The molecule has 0 spiro atoms. The number of thiazole rings is 1. The number of carbonyl (C=O) groups excluding carboxylic acids is 1. The Kier molecular flexibility index (Phi) is 4.73. The number of rotatable bonds is 4. The average Bonchev–Trinajstić information content (AvgIpc) is 2.93. The lowest BCUT2D eigenvalue weighted by molar-refractivity contribution is -0.178. The van der Waals surface area contributed by atoms with Crippen molar-refractivity contribution >= 4 is 57.6 Å². The van der Waals surface area contributed by atoms with E-state index in [9.17, 15) is 4.79 Å². The number of thioether (sulfide) groups is 1. The summed E-state index contributed by atoms with van der Waals surface area (Å²) in [7, 11) is 1.32. The van der Waals surface area contributed by atoms with Crippen molar-refractivity contribution < 1.29 is 14.5 Å². The van der Waals surface area contributed by atoms with Gasteiger partial charge in [-0.15, -0.1) is 29.1 Å². The second-order valence-corrected chi connectivity index (χ2v) is 6.44. The van der Waals surface area contributed by atoms with E-state index < -0.39 is 10.7 Å². The molecule has 0 bridgehead atoms. The highest BCUT2D eigenvalue weighted by atomic mass is 32.2. The molecule has 1 aromatic rings. The van der Waals surface area contributed by atoms with Gasteiger partial charge in [0.15, 0.2) is 9.84 Å². The number of oxime groups is 1. The molecule has 1 aliphatic rings. The highest BCUT2D eigenvalue weighted by molar-refractivity contribution is 8.21. The number of thiol groups is 1. The zero-order valence-electron chi connectivity index (χ0n) is 10.5. The van der Waals surface area contributed by atoms with Gasteiger partial charge >= 0.3 is 5.97 Å². The molecule has 0 aliphatic carbocycles. The molecule has 1 aromatic heterocycles. The van der Waals surface area contributed by atoms with E-state index in [0.29, 0.717) is 5.13 Å². The van der Waals surface area contributed by atoms with Gasteiger partial charge in [0.25, 0.3) is 0 Å². The van der Waals surface area contributed by atoms with Crippen LogP contribution in [0.25, 0.3) is 0 Å². The summed E-state index contributed by atoms with van der Waals surface area (Å²) in [5.74, 6) is -0.754. The summed E-state index contributed by atoms with van der Waals surface area (Å²) in [6.07, 6.45) is 0. The Morgan fingerprint density at radius 3 is 2.90 bits per heavy atom. The lowest BCUT2D eigenvalue weighted by Gasteiger charge is -2.16. The molecule has 0 saturated carbocycles. The van der Waals surface area contributed by atoms with Gasteiger partial charge in [0.2, 0.25) is 5.71 Å². The smallest absolute Gasteiger partial charge is 0.389 e. The summed E-state index contributed by atoms with van der Waals surface area (Å²) < 4.78 is -0.400. The Hall–Kier alpha value is -1.46. The maximum atomic E-state index is 12.1. The summed E-state index contributed by atoms with van der Waals surface area (Å²) in [5.41, 5.74) is 5.72. The number of nitrogens with zero attached hydrogens (tertiary/aromatic N) is 4. The van der Waals surface area contributed by atoms with Crippen molar-refractivity contribution in [1.82, 2.24) is 10.2 Å². The van der Waals surface area contributed by atoms with Gasteiger partial charge in [0, 0.05) is 5.38 Å². The Balaban J connectivity index is 2.15. The molecule has 8 nitrogen and oxygen atoms in total. The van der Waals surface area contributed by atoms with Gasteiger partial charge in [-0.1, -0.05) is 22.1 Å². The molecule has 0 saturated heterocycles. The molecule has 0 radical (unpaired) electrons. The second kappa shape index (κ2) is 6.33. The molecule has 2 N–H and O–H groups in total. The van der Waals surface area contributed by atoms with E-state index in [0.717, 1.165) is 10.2 Å². The van der Waals surface area contributed by atoms with Crippen LogP contribution < -0.4 is 5.73 Å². The molecule has 11 heteroatoms. The van der Waals surface area contributed by atoms with Crippen LogP contribution in [-0.2, 0) is 14.5 Å². The molecule has 2 heterocycles. The summed E-state index contributed by atoms with van der Waals surface area (Å²) in [6, 6.07) is 0. The molecule has 1 unspecified atom stereocenters. The molecule has 20 heavy (non-hydrogen) atoms. The topological polar surface area (TPSA) is 102 Å². The van der Waals surface area contributed by atoms with Gasteiger partial charge in [-0.2, -0.15) is 0 Å². The van der Waals surface area contributed by atoms with E-state index in [2.05, 4.69) is 32.7 Å². The van der Waals surface area contributed by atoms with E-state index in [1.54, 1.807) is 12.3 Å². The van der Waals surface area contributed by atoms with Gasteiger partial charge in [0.1, 0.15) is 12.8 Å². The number of hydrogen-bond donors (Lipinski definition) is 2. The first kappa shape index (κ1) is 14.9. The van der Waals surface area contributed by atoms with Gasteiger partial charge in [-0.3, -0.25) is 0 Å². The van der Waals surface area contributed by atoms with E-state index in [1.165, 1.54) is 30.2 Å². The Labute approximate surface area is 128 Å².